The van der Waals surface area contributed by atoms with Gasteiger partial charge in [-0.25, -0.2) is 9.67 Å². The summed E-state index contributed by atoms with van der Waals surface area (Å²) in [7, 11) is 1.60. The Morgan fingerprint density at radius 3 is 2.50 bits per heavy atom. The number of aromatic nitrogens is 3. The van der Waals surface area contributed by atoms with Gasteiger partial charge in [0, 0.05) is 37.9 Å². The van der Waals surface area contributed by atoms with Crippen LogP contribution >= 0.6 is 0 Å². The number of hydrogen-bond acceptors (Lipinski definition) is 5. The van der Waals surface area contributed by atoms with E-state index in [2.05, 4.69) is 26.0 Å². The molecule has 3 aromatic rings. The molecule has 2 amide bonds. The van der Waals surface area contributed by atoms with Gasteiger partial charge in [-0.3, -0.25) is 9.59 Å². The average molecular weight is 435 g/mol. The molecule has 8 heteroatoms. The van der Waals surface area contributed by atoms with Gasteiger partial charge in [0.15, 0.2) is 5.65 Å². The number of carbonyl (C=O) groups is 2. The number of pyridine rings is 1. The van der Waals surface area contributed by atoms with Crippen LogP contribution in [-0.4, -0.2) is 39.7 Å². The van der Waals surface area contributed by atoms with Gasteiger partial charge in [-0.1, -0.05) is 31.4 Å². The van der Waals surface area contributed by atoms with Crippen molar-refractivity contribution in [1.29, 1.82) is 0 Å². The van der Waals surface area contributed by atoms with Gasteiger partial charge in [0.2, 0.25) is 0 Å². The van der Waals surface area contributed by atoms with Crippen LogP contribution in [0.2, 0.25) is 0 Å². The number of hydrogen-bond donors (Lipinski definition) is 3. The highest BCUT2D eigenvalue weighted by Crippen LogP contribution is 2.30. The fourth-order valence-corrected chi connectivity index (χ4v) is 4.23. The molecule has 8 nitrogen and oxygen atoms in total. The molecule has 0 atom stereocenters. The van der Waals surface area contributed by atoms with E-state index in [4.69, 9.17) is 0 Å². The predicted molar refractivity (Wildman–Crippen MR) is 125 cm³/mol. The molecule has 3 N–H and O–H groups in total. The van der Waals surface area contributed by atoms with Crippen LogP contribution < -0.4 is 16.0 Å². The Balaban J connectivity index is 1.55. The monoisotopic (exact) mass is 434 g/mol. The highest BCUT2D eigenvalue weighted by molar-refractivity contribution is 6.06. The maximum Gasteiger partial charge on any atom is 0.255 e. The zero-order valence-electron chi connectivity index (χ0n) is 18.6. The Morgan fingerprint density at radius 2 is 1.81 bits per heavy atom. The van der Waals surface area contributed by atoms with E-state index in [1.165, 1.54) is 19.3 Å². The molecule has 1 aliphatic rings. The summed E-state index contributed by atoms with van der Waals surface area (Å²) >= 11 is 0. The van der Waals surface area contributed by atoms with Gasteiger partial charge in [-0.2, -0.15) is 5.10 Å². The Bertz CT molecular complexity index is 1100. The first-order chi connectivity index (χ1) is 15.6. The van der Waals surface area contributed by atoms with Crippen LogP contribution in [-0.2, 0) is 13.1 Å². The minimum atomic E-state index is -0.183. The smallest absolute Gasteiger partial charge is 0.255 e. The molecule has 0 aliphatic heterocycles. The van der Waals surface area contributed by atoms with E-state index < -0.39 is 0 Å². The summed E-state index contributed by atoms with van der Waals surface area (Å²) in [5, 5.41) is 14.6. The number of rotatable bonds is 7. The third-order valence-electron chi connectivity index (χ3n) is 6.06. The molecular formula is C24H30N6O2. The molecule has 168 valence electrons. The number of amides is 2. The third-order valence-corrected chi connectivity index (χ3v) is 6.06. The number of aryl methyl sites for hydroxylation is 1. The largest absolute Gasteiger partial charge is 0.381 e. The molecule has 2 aromatic heterocycles. The molecule has 4 rings (SSSR count). The minimum Gasteiger partial charge on any atom is -0.381 e. The van der Waals surface area contributed by atoms with E-state index in [9.17, 15) is 9.59 Å². The summed E-state index contributed by atoms with van der Waals surface area (Å²) in [6, 6.07) is 7.55. The topological polar surface area (TPSA) is 101 Å². The first-order valence-corrected chi connectivity index (χ1v) is 11.3. The van der Waals surface area contributed by atoms with Crippen molar-refractivity contribution in [1.82, 2.24) is 25.4 Å². The molecule has 0 saturated heterocycles. The number of nitrogens with zero attached hydrogens (tertiary/aromatic N) is 3. The average Bonchev–Trinajstić information content (AvgIpc) is 3.27. The molecule has 1 fully saturated rings. The Morgan fingerprint density at radius 1 is 1.06 bits per heavy atom. The van der Waals surface area contributed by atoms with E-state index in [0.717, 1.165) is 41.7 Å². The van der Waals surface area contributed by atoms with Crippen LogP contribution in [0.1, 0.15) is 65.3 Å². The highest BCUT2D eigenvalue weighted by Gasteiger charge is 2.21. The molecule has 0 radical (unpaired) electrons. The van der Waals surface area contributed by atoms with E-state index in [-0.39, 0.29) is 11.8 Å². The van der Waals surface area contributed by atoms with Crippen LogP contribution in [0, 0.1) is 0 Å². The predicted octanol–water partition coefficient (Wildman–Crippen LogP) is 3.49. The lowest BCUT2D eigenvalue weighted by Crippen LogP contribution is -2.27. The summed E-state index contributed by atoms with van der Waals surface area (Å²) in [4.78, 5) is 29.4. The molecule has 2 heterocycles. The van der Waals surface area contributed by atoms with E-state index in [0.29, 0.717) is 23.7 Å². The zero-order chi connectivity index (χ0) is 22.5. The van der Waals surface area contributed by atoms with Crippen LogP contribution in [0.3, 0.4) is 0 Å². The van der Waals surface area contributed by atoms with Crippen molar-refractivity contribution in [2.24, 2.45) is 0 Å². The fraction of sp³-hybridized carbons (Fsp3) is 0.417. The second-order valence-corrected chi connectivity index (χ2v) is 8.18. The van der Waals surface area contributed by atoms with E-state index in [1.807, 2.05) is 23.7 Å². The van der Waals surface area contributed by atoms with Crippen molar-refractivity contribution in [2.75, 3.05) is 12.4 Å². The van der Waals surface area contributed by atoms with Crippen molar-refractivity contribution >= 4 is 28.5 Å². The summed E-state index contributed by atoms with van der Waals surface area (Å²) in [5.41, 5.74) is 3.63. The Hall–Kier alpha value is -3.42. The number of benzene rings is 1. The van der Waals surface area contributed by atoms with Gasteiger partial charge >= 0.3 is 0 Å². The Kier molecular flexibility index (Phi) is 6.68. The molecule has 1 saturated carbocycles. The quantitative estimate of drug-likeness (QED) is 0.528. The van der Waals surface area contributed by atoms with Gasteiger partial charge in [-0.05, 0) is 37.5 Å². The molecule has 0 spiro atoms. The number of nitrogens with one attached hydrogen (secondary N) is 3. The van der Waals surface area contributed by atoms with Crippen LogP contribution in [0.25, 0.3) is 11.0 Å². The summed E-state index contributed by atoms with van der Waals surface area (Å²) in [5.74, 6) is -0.316. The maximum atomic E-state index is 13.1. The van der Waals surface area contributed by atoms with Crippen molar-refractivity contribution in [3.63, 3.8) is 0 Å². The highest BCUT2D eigenvalue weighted by atomic mass is 16.2. The van der Waals surface area contributed by atoms with Crippen molar-refractivity contribution in [3.8, 4) is 0 Å². The SMILES string of the molecule is CCn1ncc2c(NC3CCCCC3)c(C(=O)NCc3ccc(C(=O)NC)cc3)cnc21. The Labute approximate surface area is 187 Å². The second kappa shape index (κ2) is 9.80. The molecular weight excluding hydrogens is 404 g/mol. The lowest BCUT2D eigenvalue weighted by molar-refractivity contribution is 0.0946. The fourth-order valence-electron chi connectivity index (χ4n) is 4.23. The summed E-state index contributed by atoms with van der Waals surface area (Å²) in [6.07, 6.45) is 9.32. The van der Waals surface area contributed by atoms with Crippen molar-refractivity contribution in [3.05, 3.63) is 53.3 Å². The van der Waals surface area contributed by atoms with Crippen LogP contribution in [0.15, 0.2) is 36.7 Å². The first-order valence-electron chi connectivity index (χ1n) is 11.3. The number of fused-ring (bicyclic) bond motifs is 1. The van der Waals surface area contributed by atoms with Gasteiger partial charge in [0.25, 0.3) is 11.8 Å². The normalized spacial score (nSPS) is 14.3. The van der Waals surface area contributed by atoms with Gasteiger partial charge in [0.05, 0.1) is 22.8 Å². The third kappa shape index (κ3) is 4.59. The molecule has 1 aromatic carbocycles. The first kappa shape index (κ1) is 21.8. The van der Waals surface area contributed by atoms with Gasteiger partial charge < -0.3 is 16.0 Å². The van der Waals surface area contributed by atoms with Crippen LogP contribution in [0.4, 0.5) is 5.69 Å². The molecule has 32 heavy (non-hydrogen) atoms. The van der Waals surface area contributed by atoms with Gasteiger partial charge in [-0.15, -0.1) is 0 Å². The number of anilines is 1. The maximum absolute atomic E-state index is 13.1. The zero-order valence-corrected chi connectivity index (χ0v) is 18.6. The van der Waals surface area contributed by atoms with Crippen molar-refractivity contribution in [2.45, 2.75) is 58.2 Å². The molecule has 1 aliphatic carbocycles. The molecule has 0 unspecified atom stereocenters. The second-order valence-electron chi connectivity index (χ2n) is 8.18. The number of carbonyl (C=O) groups excluding carboxylic acids is 2. The van der Waals surface area contributed by atoms with Gasteiger partial charge in [0.1, 0.15) is 0 Å². The molecule has 0 bridgehead atoms. The standard InChI is InChI=1S/C24H30N6O2/c1-3-30-22-19(15-28-30)21(29-18-7-5-4-6-8-18)20(14-26-22)24(32)27-13-16-9-11-17(12-10-16)23(31)25-2/h9-12,14-15,18H,3-8,13H2,1-2H3,(H,25,31)(H,26,29)(H,27,32). The lowest BCUT2D eigenvalue weighted by atomic mass is 9.95. The lowest BCUT2D eigenvalue weighted by Gasteiger charge is -2.25. The minimum absolute atomic E-state index is 0.133. The summed E-state index contributed by atoms with van der Waals surface area (Å²) in [6.45, 7) is 3.11. The van der Waals surface area contributed by atoms with E-state index in [1.54, 1.807) is 31.6 Å². The van der Waals surface area contributed by atoms with E-state index >= 15 is 0 Å². The van der Waals surface area contributed by atoms with Crippen molar-refractivity contribution < 1.29 is 9.59 Å². The summed E-state index contributed by atoms with van der Waals surface area (Å²) < 4.78 is 1.84. The van der Waals surface area contributed by atoms with Crippen LogP contribution in [0.5, 0.6) is 0 Å².